The first-order chi connectivity index (χ1) is 18.3. The van der Waals surface area contributed by atoms with E-state index in [1.54, 1.807) is 36.3 Å². The predicted octanol–water partition coefficient (Wildman–Crippen LogP) is 5.34. The zero-order chi connectivity index (χ0) is 30.3. The Labute approximate surface area is 231 Å². The summed E-state index contributed by atoms with van der Waals surface area (Å²) in [5.74, 6) is 0.388. The maximum atomic E-state index is 13.6. The molecule has 0 unspecified atom stereocenters. The Hall–Kier alpha value is -3.02. The largest absolute Gasteiger partial charge is 0.497 e. The number of alkyl halides is 3. The van der Waals surface area contributed by atoms with Gasteiger partial charge in [-0.1, -0.05) is 20.4 Å². The molecule has 0 spiro atoms. The lowest BCUT2D eigenvalue weighted by atomic mass is 10.0. The number of rotatable bonds is 9. The van der Waals surface area contributed by atoms with Crippen LogP contribution in [-0.4, -0.2) is 87.9 Å². The van der Waals surface area contributed by atoms with Gasteiger partial charge < -0.3 is 14.5 Å². The Morgan fingerprint density at radius 1 is 1.13 bits per heavy atom. The highest BCUT2D eigenvalue weighted by Crippen LogP contribution is 2.31. The van der Waals surface area contributed by atoms with Crippen molar-refractivity contribution in [1.82, 2.24) is 19.6 Å². The molecule has 1 aromatic carbocycles. The molecule has 8 nitrogen and oxygen atoms in total. The Morgan fingerprint density at radius 3 is 2.13 bits per heavy atom. The van der Waals surface area contributed by atoms with Crippen molar-refractivity contribution in [3.05, 3.63) is 53.5 Å². The third-order valence-electron chi connectivity index (χ3n) is 5.44. The number of aromatic nitrogens is 2. The van der Waals surface area contributed by atoms with Crippen LogP contribution in [0.4, 0.5) is 13.2 Å². The number of sulfone groups is 1. The van der Waals surface area contributed by atoms with E-state index in [0.29, 0.717) is 43.7 Å². The Bertz CT molecular complexity index is 1130. The molecular formula is C27H43F3N4O4S. The van der Waals surface area contributed by atoms with Crippen LogP contribution < -0.4 is 4.74 Å². The Morgan fingerprint density at radius 2 is 1.67 bits per heavy atom. The molecule has 3 rings (SSSR count). The van der Waals surface area contributed by atoms with Crippen molar-refractivity contribution in [2.75, 3.05) is 54.0 Å². The van der Waals surface area contributed by atoms with Crippen molar-refractivity contribution >= 4 is 15.7 Å². The van der Waals surface area contributed by atoms with Crippen molar-refractivity contribution in [3.8, 4) is 11.4 Å². The monoisotopic (exact) mass is 576 g/mol. The van der Waals surface area contributed by atoms with Gasteiger partial charge in [-0.15, -0.1) is 0 Å². The summed E-state index contributed by atoms with van der Waals surface area (Å²) in [4.78, 5) is 16.9. The molecule has 12 heteroatoms. The van der Waals surface area contributed by atoms with E-state index in [1.807, 2.05) is 32.8 Å². The van der Waals surface area contributed by atoms with Crippen molar-refractivity contribution in [2.24, 2.45) is 0 Å². The molecule has 1 aliphatic heterocycles. The number of carbonyl (C=O) groups is 1. The summed E-state index contributed by atoms with van der Waals surface area (Å²) in [5.41, 5.74) is 1.87. The molecule has 0 saturated heterocycles. The van der Waals surface area contributed by atoms with Crippen molar-refractivity contribution < 1.29 is 31.1 Å². The summed E-state index contributed by atoms with van der Waals surface area (Å²) in [5, 5.41) is 4.10. The van der Waals surface area contributed by atoms with Gasteiger partial charge in [-0.2, -0.15) is 5.10 Å². The minimum absolute atomic E-state index is 0.236. The quantitative estimate of drug-likeness (QED) is 0.375. The van der Waals surface area contributed by atoms with E-state index in [0.717, 1.165) is 37.5 Å². The smallest absolute Gasteiger partial charge is 0.282 e. The summed E-state index contributed by atoms with van der Waals surface area (Å²) in [7, 11) is 3.30. The van der Waals surface area contributed by atoms with Crippen molar-refractivity contribution in [2.45, 2.75) is 46.0 Å². The second-order valence-electron chi connectivity index (χ2n) is 8.73. The molecule has 0 bridgehead atoms. The SMILES string of the molecule is C=C(CCCCN1CCc2c(C(F)F)nn(-c3ccc(OC)cc3)c2C1=O)N(C)C.CC.CF.CS(C)(=O)=O. The lowest BCUT2D eigenvalue weighted by Gasteiger charge is -2.28. The third-order valence-corrected chi connectivity index (χ3v) is 5.44. The average molecular weight is 577 g/mol. The molecule has 0 radical (unpaired) electrons. The summed E-state index contributed by atoms with van der Waals surface area (Å²) in [6, 6.07) is 6.85. The highest BCUT2D eigenvalue weighted by Gasteiger charge is 2.34. The number of nitrogens with zero attached hydrogens (tertiary/aromatic N) is 4. The number of amides is 1. The van der Waals surface area contributed by atoms with Crippen molar-refractivity contribution in [3.63, 3.8) is 0 Å². The average Bonchev–Trinajstić information content (AvgIpc) is 3.30. The third kappa shape index (κ3) is 11.7. The molecule has 0 N–H and O–H groups in total. The van der Waals surface area contributed by atoms with E-state index >= 15 is 0 Å². The minimum atomic E-state index is -2.73. The first-order valence-electron chi connectivity index (χ1n) is 12.5. The number of ether oxygens (including phenoxy) is 1. The summed E-state index contributed by atoms with van der Waals surface area (Å²) >= 11 is 0. The van der Waals surface area contributed by atoms with Crippen LogP contribution in [0.1, 0.15) is 61.3 Å². The fraction of sp³-hybridized carbons (Fsp3) is 0.556. The molecule has 0 atom stereocenters. The van der Waals surface area contributed by atoms with Gasteiger partial charge in [0.15, 0.2) is 0 Å². The van der Waals surface area contributed by atoms with E-state index < -0.39 is 16.3 Å². The number of fused-ring (bicyclic) bond motifs is 1. The lowest BCUT2D eigenvalue weighted by molar-refractivity contribution is 0.0726. The maximum absolute atomic E-state index is 13.6. The topological polar surface area (TPSA) is 84.7 Å². The fourth-order valence-corrected chi connectivity index (χ4v) is 3.59. The minimum Gasteiger partial charge on any atom is -0.497 e. The normalized spacial score (nSPS) is 12.2. The summed E-state index contributed by atoms with van der Waals surface area (Å²) < 4.78 is 62.4. The first kappa shape index (κ1) is 36.0. The second kappa shape index (κ2) is 17.5. The van der Waals surface area contributed by atoms with Crippen LogP contribution in [0.25, 0.3) is 5.69 Å². The summed E-state index contributed by atoms with van der Waals surface area (Å²) in [6.07, 6.45) is 2.57. The molecule has 1 aromatic heterocycles. The standard InChI is InChI=1S/C22H28F2N4O2.C2H6O2S.C2H6.CH3F/c1-15(26(2)3)7-5-6-13-27-14-12-18-19(21(23)24)25-28(20(18)22(27)29)16-8-10-17(30-4)11-9-16;1-5(2,3)4;2*1-2/h8-11,21H,1,5-7,12-14H2,2-4H3;1-2H3;1-2H3;1H3. The highest BCUT2D eigenvalue weighted by molar-refractivity contribution is 7.89. The number of methoxy groups -OCH3 is 1. The predicted molar refractivity (Wildman–Crippen MR) is 151 cm³/mol. The molecule has 222 valence electrons. The number of halogens is 3. The number of allylic oxidation sites excluding steroid dienone is 1. The number of carbonyl (C=O) groups excluding carboxylic acids is 1. The van der Waals surface area contributed by atoms with Gasteiger partial charge in [0.25, 0.3) is 12.3 Å². The van der Waals surface area contributed by atoms with Crippen LogP contribution in [0, 0.1) is 0 Å². The van der Waals surface area contributed by atoms with Gasteiger partial charge in [0.1, 0.15) is 27.0 Å². The number of hydrogen-bond donors (Lipinski definition) is 0. The van der Waals surface area contributed by atoms with Crippen LogP contribution in [0.5, 0.6) is 5.75 Å². The van der Waals surface area contributed by atoms with Gasteiger partial charge in [0, 0.05) is 51.0 Å². The molecule has 2 heterocycles. The van der Waals surface area contributed by atoms with Crippen LogP contribution in [0.2, 0.25) is 0 Å². The van der Waals surface area contributed by atoms with Crippen LogP contribution >= 0.6 is 0 Å². The highest BCUT2D eigenvalue weighted by atomic mass is 32.2. The van der Waals surface area contributed by atoms with Gasteiger partial charge in [0.05, 0.1) is 20.0 Å². The first-order valence-corrected chi connectivity index (χ1v) is 14.8. The molecule has 1 amide bonds. The molecular weight excluding hydrogens is 533 g/mol. The van der Waals surface area contributed by atoms with Crippen LogP contribution in [-0.2, 0) is 16.3 Å². The van der Waals surface area contributed by atoms with E-state index in [2.05, 4.69) is 11.7 Å². The van der Waals surface area contributed by atoms with Crippen LogP contribution in [0.3, 0.4) is 0 Å². The van der Waals surface area contributed by atoms with Crippen LogP contribution in [0.15, 0.2) is 36.5 Å². The Balaban J connectivity index is 0.00000142. The zero-order valence-electron chi connectivity index (χ0n) is 24.3. The number of hydrogen-bond acceptors (Lipinski definition) is 6. The molecule has 0 saturated carbocycles. The summed E-state index contributed by atoms with van der Waals surface area (Å²) in [6.45, 7) is 9.02. The van der Waals surface area contributed by atoms with E-state index in [-0.39, 0.29) is 17.3 Å². The lowest BCUT2D eigenvalue weighted by Crippen LogP contribution is -2.39. The fourth-order valence-electron chi connectivity index (χ4n) is 3.59. The van der Waals surface area contributed by atoms with E-state index in [4.69, 9.17) is 4.74 Å². The van der Waals surface area contributed by atoms with Gasteiger partial charge in [-0.3, -0.25) is 9.18 Å². The second-order valence-corrected chi connectivity index (χ2v) is 11.0. The van der Waals surface area contributed by atoms with Gasteiger partial charge >= 0.3 is 0 Å². The zero-order valence-corrected chi connectivity index (χ0v) is 25.1. The van der Waals surface area contributed by atoms with Gasteiger partial charge in [-0.25, -0.2) is 21.9 Å². The van der Waals surface area contributed by atoms with Gasteiger partial charge in [-0.05, 0) is 49.9 Å². The number of benzene rings is 1. The Kier molecular flexibility index (Phi) is 16.2. The maximum Gasteiger partial charge on any atom is 0.282 e. The van der Waals surface area contributed by atoms with E-state index in [9.17, 15) is 26.4 Å². The number of unbranched alkanes of at least 4 members (excludes halogenated alkanes) is 1. The molecule has 0 aliphatic carbocycles. The van der Waals surface area contributed by atoms with Gasteiger partial charge in [0.2, 0.25) is 0 Å². The van der Waals surface area contributed by atoms with E-state index in [1.165, 1.54) is 4.68 Å². The molecule has 2 aromatic rings. The molecule has 1 aliphatic rings. The molecule has 0 fully saturated rings. The molecule has 39 heavy (non-hydrogen) atoms. The van der Waals surface area contributed by atoms with Crippen molar-refractivity contribution in [1.29, 1.82) is 0 Å².